The van der Waals surface area contributed by atoms with Gasteiger partial charge in [0.05, 0.1) is 22.8 Å². The number of halogens is 4. The smallest absolute Gasteiger partial charge is 0.379 e. The molecule has 1 N–H and O–H groups in total. The molecule has 1 aromatic rings. The molecule has 1 rings (SSSR count). The Balaban J connectivity index is 2.68. The van der Waals surface area contributed by atoms with Gasteiger partial charge in [-0.25, -0.2) is 0 Å². The zero-order valence-corrected chi connectivity index (χ0v) is 12.0. The first kappa shape index (κ1) is 17.1. The van der Waals surface area contributed by atoms with Gasteiger partial charge in [-0.1, -0.05) is 11.6 Å². The van der Waals surface area contributed by atoms with Crippen molar-refractivity contribution in [1.29, 1.82) is 0 Å². The number of hydrogen-bond donors (Lipinski definition) is 1. The van der Waals surface area contributed by atoms with E-state index in [9.17, 15) is 13.2 Å². The molecule has 0 heterocycles. The van der Waals surface area contributed by atoms with E-state index in [1.165, 1.54) is 6.07 Å². The number of nitrogens with one attached hydrogen (secondary N) is 1. The zero-order chi connectivity index (χ0) is 15.2. The molecule has 114 valence electrons. The van der Waals surface area contributed by atoms with Crippen molar-refractivity contribution in [2.24, 2.45) is 0 Å². The summed E-state index contributed by atoms with van der Waals surface area (Å²) in [6.45, 7) is 4.92. The Morgan fingerprint density at radius 2 is 1.80 bits per heavy atom. The fourth-order valence-corrected chi connectivity index (χ4v) is 1.81. The summed E-state index contributed by atoms with van der Waals surface area (Å²) in [7, 11) is 0. The van der Waals surface area contributed by atoms with Crippen LogP contribution in [0.15, 0.2) is 18.2 Å². The minimum absolute atomic E-state index is 0.00609. The summed E-state index contributed by atoms with van der Waals surface area (Å²) in [6, 6.07) is 3.16. The van der Waals surface area contributed by atoms with Crippen molar-refractivity contribution in [2.45, 2.75) is 26.3 Å². The van der Waals surface area contributed by atoms with E-state index in [4.69, 9.17) is 21.1 Å². The summed E-state index contributed by atoms with van der Waals surface area (Å²) in [4.78, 5) is 0. The van der Waals surface area contributed by atoms with Gasteiger partial charge in [0.15, 0.2) is 6.29 Å². The number of benzene rings is 1. The topological polar surface area (TPSA) is 30.5 Å². The van der Waals surface area contributed by atoms with E-state index in [0.29, 0.717) is 25.4 Å². The Labute approximate surface area is 121 Å². The molecule has 0 aromatic heterocycles. The number of anilines is 1. The van der Waals surface area contributed by atoms with Crippen LogP contribution >= 0.6 is 11.6 Å². The average Bonchev–Trinajstić information content (AvgIpc) is 2.36. The molecule has 0 aliphatic heterocycles. The van der Waals surface area contributed by atoms with Gasteiger partial charge in [-0.05, 0) is 32.0 Å². The Morgan fingerprint density at radius 1 is 1.20 bits per heavy atom. The van der Waals surface area contributed by atoms with Crippen molar-refractivity contribution in [3.8, 4) is 0 Å². The van der Waals surface area contributed by atoms with E-state index in [1.54, 1.807) is 0 Å². The van der Waals surface area contributed by atoms with Crippen LogP contribution in [0.1, 0.15) is 19.4 Å². The summed E-state index contributed by atoms with van der Waals surface area (Å²) >= 11 is 5.83. The van der Waals surface area contributed by atoms with E-state index >= 15 is 0 Å². The predicted octanol–water partition coefficient (Wildman–Crippen LogP) is 4.17. The second-order valence-corrected chi connectivity index (χ2v) is 4.32. The number of rotatable bonds is 7. The molecule has 7 heteroatoms. The van der Waals surface area contributed by atoms with Gasteiger partial charge in [-0.15, -0.1) is 0 Å². The minimum Gasteiger partial charge on any atom is -0.379 e. The highest BCUT2D eigenvalue weighted by Gasteiger charge is 2.30. The fourth-order valence-electron chi connectivity index (χ4n) is 1.57. The molecule has 3 nitrogen and oxygen atoms in total. The predicted molar refractivity (Wildman–Crippen MR) is 72.0 cm³/mol. The van der Waals surface area contributed by atoms with Crippen molar-refractivity contribution >= 4 is 17.3 Å². The lowest BCUT2D eigenvalue weighted by Crippen LogP contribution is -2.26. The third kappa shape index (κ3) is 5.19. The first-order chi connectivity index (χ1) is 9.38. The first-order valence-electron chi connectivity index (χ1n) is 6.22. The van der Waals surface area contributed by atoms with E-state index in [1.807, 2.05) is 13.8 Å². The summed E-state index contributed by atoms with van der Waals surface area (Å²) in [5.74, 6) is 0. The van der Waals surface area contributed by atoms with E-state index in [-0.39, 0.29) is 5.02 Å². The molecular weight excluding hydrogens is 295 g/mol. The largest absolute Gasteiger partial charge is 0.416 e. The van der Waals surface area contributed by atoms with Gasteiger partial charge in [-0.2, -0.15) is 13.2 Å². The quantitative estimate of drug-likeness (QED) is 0.767. The van der Waals surface area contributed by atoms with Crippen LogP contribution in [0.25, 0.3) is 0 Å². The Morgan fingerprint density at radius 3 is 2.25 bits per heavy atom. The maximum Gasteiger partial charge on any atom is 0.416 e. The zero-order valence-electron chi connectivity index (χ0n) is 11.3. The van der Waals surface area contributed by atoms with Crippen molar-refractivity contribution in [1.82, 2.24) is 0 Å². The summed E-state index contributed by atoms with van der Waals surface area (Å²) in [5, 5.41) is 2.92. The maximum absolute atomic E-state index is 12.5. The van der Waals surface area contributed by atoms with Gasteiger partial charge >= 0.3 is 6.18 Å². The molecule has 0 saturated carbocycles. The van der Waals surface area contributed by atoms with Crippen molar-refractivity contribution in [3.05, 3.63) is 28.8 Å². The van der Waals surface area contributed by atoms with Crippen LogP contribution in [0, 0.1) is 0 Å². The SMILES string of the molecule is CCOC(CNc1ccc(C(F)(F)F)cc1Cl)OCC. The molecule has 0 saturated heterocycles. The molecule has 20 heavy (non-hydrogen) atoms. The molecule has 0 spiro atoms. The van der Waals surface area contributed by atoms with E-state index < -0.39 is 18.0 Å². The molecule has 0 bridgehead atoms. The molecule has 0 aliphatic rings. The molecule has 0 fully saturated rings. The number of hydrogen-bond acceptors (Lipinski definition) is 3. The fraction of sp³-hybridized carbons (Fsp3) is 0.538. The highest BCUT2D eigenvalue weighted by molar-refractivity contribution is 6.33. The highest BCUT2D eigenvalue weighted by Crippen LogP contribution is 2.33. The standard InChI is InChI=1S/C13H17ClF3NO2/c1-3-19-12(20-4-2)8-18-11-6-5-9(7-10(11)14)13(15,16)17/h5-7,12,18H,3-4,8H2,1-2H3. The van der Waals surface area contributed by atoms with Crippen molar-refractivity contribution in [3.63, 3.8) is 0 Å². The maximum atomic E-state index is 12.5. The third-order valence-corrected chi connectivity index (χ3v) is 2.77. The average molecular weight is 312 g/mol. The van der Waals surface area contributed by atoms with Gasteiger partial charge in [0.25, 0.3) is 0 Å². The molecule has 0 amide bonds. The lowest BCUT2D eigenvalue weighted by Gasteiger charge is -2.19. The molecule has 0 atom stereocenters. The van der Waals surface area contributed by atoms with Gasteiger partial charge in [0.1, 0.15) is 0 Å². The van der Waals surface area contributed by atoms with Crippen LogP contribution in [-0.2, 0) is 15.7 Å². The molecule has 0 radical (unpaired) electrons. The van der Waals surface area contributed by atoms with Crippen LogP contribution in [0.2, 0.25) is 5.02 Å². The van der Waals surface area contributed by atoms with Crippen LogP contribution in [0.5, 0.6) is 0 Å². The molecule has 0 unspecified atom stereocenters. The summed E-state index contributed by atoms with van der Waals surface area (Å²) in [5.41, 5.74) is -0.372. The van der Waals surface area contributed by atoms with Crippen LogP contribution in [0.4, 0.5) is 18.9 Å². The van der Waals surface area contributed by atoms with Gasteiger partial charge in [0, 0.05) is 13.2 Å². The first-order valence-corrected chi connectivity index (χ1v) is 6.60. The second kappa shape index (κ2) is 7.71. The van der Waals surface area contributed by atoms with Crippen molar-refractivity contribution < 1.29 is 22.6 Å². The monoisotopic (exact) mass is 311 g/mol. The van der Waals surface area contributed by atoms with Crippen LogP contribution in [0.3, 0.4) is 0 Å². The number of alkyl halides is 3. The van der Waals surface area contributed by atoms with Crippen LogP contribution in [-0.4, -0.2) is 26.0 Å². The minimum atomic E-state index is -4.40. The van der Waals surface area contributed by atoms with Crippen molar-refractivity contribution in [2.75, 3.05) is 25.1 Å². The highest BCUT2D eigenvalue weighted by atomic mass is 35.5. The van der Waals surface area contributed by atoms with Gasteiger partial charge in [-0.3, -0.25) is 0 Å². The Kier molecular flexibility index (Phi) is 6.58. The third-order valence-electron chi connectivity index (χ3n) is 2.46. The van der Waals surface area contributed by atoms with E-state index in [2.05, 4.69) is 5.32 Å². The molecular formula is C13H17ClF3NO2. The number of ether oxygens (including phenoxy) is 2. The summed E-state index contributed by atoms with van der Waals surface area (Å²) < 4.78 is 48.1. The Hall–Kier alpha value is -0.980. The summed E-state index contributed by atoms with van der Waals surface area (Å²) in [6.07, 6.45) is -4.87. The van der Waals surface area contributed by atoms with E-state index in [0.717, 1.165) is 12.1 Å². The van der Waals surface area contributed by atoms with Gasteiger partial charge < -0.3 is 14.8 Å². The lowest BCUT2D eigenvalue weighted by molar-refractivity contribution is -0.137. The van der Waals surface area contributed by atoms with Crippen LogP contribution < -0.4 is 5.32 Å². The second-order valence-electron chi connectivity index (χ2n) is 3.91. The molecule has 0 aliphatic carbocycles. The normalized spacial score (nSPS) is 11.9. The lowest BCUT2D eigenvalue weighted by atomic mass is 10.2. The Bertz CT molecular complexity index is 421. The van der Waals surface area contributed by atoms with Gasteiger partial charge in [0.2, 0.25) is 0 Å². The molecule has 1 aromatic carbocycles.